The lowest BCUT2D eigenvalue weighted by Gasteiger charge is -2.23. The molecule has 1 nitrogen and oxygen atoms in total. The number of rotatable bonds is 4. The largest absolute Gasteiger partial charge is 0.308 e. The van der Waals surface area contributed by atoms with E-state index >= 15 is 0 Å². The molecule has 1 N–H and O–H groups in total. The summed E-state index contributed by atoms with van der Waals surface area (Å²) >= 11 is 9.70. The van der Waals surface area contributed by atoms with Crippen LogP contribution in [0.4, 0.5) is 0 Å². The van der Waals surface area contributed by atoms with Crippen LogP contribution in [-0.4, -0.2) is 12.1 Å². The summed E-state index contributed by atoms with van der Waals surface area (Å²) in [6.07, 6.45) is 2.19. The summed E-state index contributed by atoms with van der Waals surface area (Å²) in [7, 11) is 0. The zero-order valence-electron chi connectivity index (χ0n) is 12.3. The van der Waals surface area contributed by atoms with Gasteiger partial charge in [-0.15, -0.1) is 0 Å². The summed E-state index contributed by atoms with van der Waals surface area (Å²) in [5, 5.41) is 4.31. The van der Waals surface area contributed by atoms with Crippen molar-refractivity contribution < 1.29 is 0 Å². The number of hydrogen-bond donors (Lipinski definition) is 1. The minimum absolute atomic E-state index is 0.123. The van der Waals surface area contributed by atoms with E-state index in [1.165, 1.54) is 5.57 Å². The van der Waals surface area contributed by atoms with Crippen LogP contribution in [0.3, 0.4) is 0 Å². The average molecular weight is 345 g/mol. The maximum atomic E-state index is 6.27. The third-order valence-electron chi connectivity index (χ3n) is 2.87. The predicted molar refractivity (Wildman–Crippen MR) is 89.7 cm³/mol. The smallest absolute Gasteiger partial charge is 0.0489 e. The molecule has 0 unspecified atom stereocenters. The topological polar surface area (TPSA) is 12.0 Å². The van der Waals surface area contributed by atoms with Gasteiger partial charge in [0.15, 0.2) is 0 Å². The fourth-order valence-electron chi connectivity index (χ4n) is 1.61. The van der Waals surface area contributed by atoms with Crippen LogP contribution in [-0.2, 0) is 0 Å². The Morgan fingerprint density at radius 2 is 2.00 bits per heavy atom. The standard InChI is InChI=1S/C16H23BrClN/c1-11(2)13(10-19-16(3,4)5)8-12-6-7-14(17)9-15(12)18/h6-9,11,19H,10H2,1-5H3/b13-8+. The molecule has 0 aliphatic rings. The molecule has 0 amide bonds. The van der Waals surface area contributed by atoms with E-state index in [2.05, 4.69) is 61.9 Å². The lowest BCUT2D eigenvalue weighted by atomic mass is 9.98. The van der Waals surface area contributed by atoms with Gasteiger partial charge in [-0.1, -0.05) is 59.1 Å². The summed E-state index contributed by atoms with van der Waals surface area (Å²) in [5.41, 5.74) is 2.56. The van der Waals surface area contributed by atoms with Gasteiger partial charge in [0.2, 0.25) is 0 Å². The van der Waals surface area contributed by atoms with Gasteiger partial charge in [0.1, 0.15) is 0 Å². The molecule has 1 rings (SSSR count). The summed E-state index contributed by atoms with van der Waals surface area (Å²) in [5.74, 6) is 0.495. The predicted octanol–water partition coefficient (Wildman–Crippen LogP) is 5.53. The van der Waals surface area contributed by atoms with Crippen LogP contribution in [0, 0.1) is 5.92 Å². The Labute approximate surface area is 130 Å². The first-order chi connectivity index (χ1) is 8.69. The third-order valence-corrected chi connectivity index (χ3v) is 3.69. The summed E-state index contributed by atoms with van der Waals surface area (Å²) in [6.45, 7) is 11.8. The molecule has 0 aromatic heterocycles. The molecule has 0 heterocycles. The van der Waals surface area contributed by atoms with Gasteiger partial charge in [0, 0.05) is 21.6 Å². The Kier molecular flexibility index (Phi) is 6.10. The molecule has 1 aromatic rings. The van der Waals surface area contributed by atoms with Crippen molar-refractivity contribution in [1.82, 2.24) is 5.32 Å². The van der Waals surface area contributed by atoms with Crippen LogP contribution in [0.5, 0.6) is 0 Å². The quantitative estimate of drug-likeness (QED) is 0.757. The number of benzene rings is 1. The van der Waals surface area contributed by atoms with E-state index < -0.39 is 0 Å². The fourth-order valence-corrected chi connectivity index (χ4v) is 2.34. The maximum Gasteiger partial charge on any atom is 0.0489 e. The van der Waals surface area contributed by atoms with Crippen molar-refractivity contribution in [3.8, 4) is 0 Å². The van der Waals surface area contributed by atoms with Crippen molar-refractivity contribution in [2.45, 2.75) is 40.2 Å². The average Bonchev–Trinajstić information content (AvgIpc) is 2.24. The molecule has 0 radical (unpaired) electrons. The Morgan fingerprint density at radius 3 is 2.47 bits per heavy atom. The number of hydrogen-bond acceptors (Lipinski definition) is 1. The zero-order chi connectivity index (χ0) is 14.6. The molecule has 3 heteroatoms. The molecule has 0 spiro atoms. The SMILES string of the molecule is CC(C)/C(=C/c1ccc(Br)cc1Cl)CNC(C)(C)C. The second-order valence-electron chi connectivity index (χ2n) is 6.14. The monoisotopic (exact) mass is 343 g/mol. The van der Waals surface area contributed by atoms with Crippen LogP contribution in [0.15, 0.2) is 28.2 Å². The first-order valence-corrected chi connectivity index (χ1v) is 7.76. The lowest BCUT2D eigenvalue weighted by molar-refractivity contribution is 0.437. The Morgan fingerprint density at radius 1 is 1.37 bits per heavy atom. The van der Waals surface area contributed by atoms with Crippen molar-refractivity contribution >= 4 is 33.6 Å². The maximum absolute atomic E-state index is 6.27. The van der Waals surface area contributed by atoms with E-state index in [1.54, 1.807) is 0 Å². The lowest BCUT2D eigenvalue weighted by Crippen LogP contribution is -2.37. The van der Waals surface area contributed by atoms with Gasteiger partial charge in [0.25, 0.3) is 0 Å². The molecule has 0 atom stereocenters. The second-order valence-corrected chi connectivity index (χ2v) is 7.47. The molecule has 0 aliphatic heterocycles. The summed E-state index contributed by atoms with van der Waals surface area (Å²) in [4.78, 5) is 0. The molecular weight excluding hydrogens is 322 g/mol. The minimum Gasteiger partial charge on any atom is -0.308 e. The molecule has 0 fully saturated rings. The number of halogens is 2. The van der Waals surface area contributed by atoms with Gasteiger partial charge in [0.05, 0.1) is 0 Å². The van der Waals surface area contributed by atoms with Crippen molar-refractivity contribution in [2.24, 2.45) is 5.92 Å². The van der Waals surface area contributed by atoms with Crippen molar-refractivity contribution in [2.75, 3.05) is 6.54 Å². The molecule has 106 valence electrons. The Balaban J connectivity index is 2.95. The van der Waals surface area contributed by atoms with Crippen molar-refractivity contribution in [3.05, 3.63) is 38.8 Å². The highest BCUT2D eigenvalue weighted by Gasteiger charge is 2.12. The first kappa shape index (κ1) is 16.7. The first-order valence-electron chi connectivity index (χ1n) is 6.59. The fraction of sp³-hybridized carbons (Fsp3) is 0.500. The Hall–Kier alpha value is -0.310. The van der Waals surface area contributed by atoms with E-state index in [1.807, 2.05) is 18.2 Å². The molecule has 0 aliphatic carbocycles. The van der Waals surface area contributed by atoms with Crippen LogP contribution in [0.25, 0.3) is 6.08 Å². The molecule has 1 aromatic carbocycles. The highest BCUT2D eigenvalue weighted by molar-refractivity contribution is 9.10. The molecule has 0 saturated heterocycles. The molecular formula is C16H23BrClN. The van der Waals surface area contributed by atoms with E-state index in [4.69, 9.17) is 11.6 Å². The highest BCUT2D eigenvalue weighted by Crippen LogP contribution is 2.25. The van der Waals surface area contributed by atoms with Gasteiger partial charge in [-0.3, -0.25) is 0 Å². The van der Waals surface area contributed by atoms with Crippen molar-refractivity contribution in [1.29, 1.82) is 0 Å². The van der Waals surface area contributed by atoms with Gasteiger partial charge in [-0.2, -0.15) is 0 Å². The van der Waals surface area contributed by atoms with Gasteiger partial charge in [-0.05, 0) is 44.4 Å². The second kappa shape index (κ2) is 6.92. The zero-order valence-corrected chi connectivity index (χ0v) is 14.7. The van der Waals surface area contributed by atoms with E-state index in [0.717, 1.165) is 21.6 Å². The van der Waals surface area contributed by atoms with E-state index in [0.29, 0.717) is 5.92 Å². The highest BCUT2D eigenvalue weighted by atomic mass is 79.9. The molecule has 0 bridgehead atoms. The number of nitrogens with one attached hydrogen (secondary N) is 1. The van der Waals surface area contributed by atoms with Crippen LogP contribution < -0.4 is 5.32 Å². The summed E-state index contributed by atoms with van der Waals surface area (Å²) in [6, 6.07) is 6.00. The van der Waals surface area contributed by atoms with Crippen LogP contribution in [0.2, 0.25) is 5.02 Å². The van der Waals surface area contributed by atoms with Crippen molar-refractivity contribution in [3.63, 3.8) is 0 Å². The van der Waals surface area contributed by atoms with Gasteiger partial charge >= 0.3 is 0 Å². The van der Waals surface area contributed by atoms with Crippen LogP contribution >= 0.6 is 27.5 Å². The molecule has 19 heavy (non-hydrogen) atoms. The van der Waals surface area contributed by atoms with E-state index in [9.17, 15) is 0 Å². The minimum atomic E-state index is 0.123. The van der Waals surface area contributed by atoms with Crippen LogP contribution in [0.1, 0.15) is 40.2 Å². The Bertz CT molecular complexity index is 458. The van der Waals surface area contributed by atoms with Gasteiger partial charge < -0.3 is 5.32 Å². The third kappa shape index (κ3) is 6.11. The summed E-state index contributed by atoms with van der Waals surface area (Å²) < 4.78 is 1.01. The normalized spacial score (nSPS) is 13.2. The van der Waals surface area contributed by atoms with E-state index in [-0.39, 0.29) is 5.54 Å². The molecule has 0 saturated carbocycles. The van der Waals surface area contributed by atoms with Gasteiger partial charge in [-0.25, -0.2) is 0 Å².